The molecular formula is C15H12Cl2N2O2S. The maximum Gasteiger partial charge on any atom is 0.257 e. The highest BCUT2D eigenvalue weighted by molar-refractivity contribution is 7.90. The lowest BCUT2D eigenvalue weighted by molar-refractivity contribution is 0.0935. The standard InChI is InChI=1S/C15H12Cl2N2O2S/c1-7(2)14(20)12-8(6-18)11-9(16)4-5-10(17)13(11)19-15(12)22(3)21/h4-5,7H,1-3H3. The molecule has 7 heteroatoms. The second kappa shape index (κ2) is 6.43. The number of hydrogen-bond donors (Lipinski definition) is 0. The van der Waals surface area contributed by atoms with Gasteiger partial charge in [-0.15, -0.1) is 0 Å². The Labute approximate surface area is 141 Å². The van der Waals surface area contributed by atoms with Crippen LogP contribution in [0.15, 0.2) is 17.2 Å². The van der Waals surface area contributed by atoms with Gasteiger partial charge in [0.25, 0.3) is 5.03 Å². The molecule has 4 nitrogen and oxygen atoms in total. The Morgan fingerprint density at radius 2 is 1.95 bits per heavy atom. The van der Waals surface area contributed by atoms with Crippen LogP contribution in [-0.4, -0.2) is 21.6 Å². The first-order valence-corrected chi connectivity index (χ1v) is 8.70. The predicted molar refractivity (Wildman–Crippen MR) is 88.0 cm³/mol. The van der Waals surface area contributed by atoms with Crippen LogP contribution >= 0.6 is 23.2 Å². The van der Waals surface area contributed by atoms with Gasteiger partial charge in [-0.25, -0.2) is 0 Å². The zero-order valence-electron chi connectivity index (χ0n) is 12.1. The van der Waals surface area contributed by atoms with Gasteiger partial charge in [0.2, 0.25) is 0 Å². The van der Waals surface area contributed by atoms with Crippen LogP contribution in [0.3, 0.4) is 0 Å². The van der Waals surface area contributed by atoms with Crippen molar-refractivity contribution in [3.8, 4) is 6.07 Å². The topological polar surface area (TPSA) is 76.8 Å². The van der Waals surface area contributed by atoms with E-state index in [2.05, 4.69) is 4.98 Å². The van der Waals surface area contributed by atoms with E-state index < -0.39 is 11.2 Å². The molecule has 1 heterocycles. The van der Waals surface area contributed by atoms with Crippen LogP contribution < -0.4 is 0 Å². The van der Waals surface area contributed by atoms with Crippen molar-refractivity contribution in [2.75, 3.05) is 6.26 Å². The number of nitriles is 1. The van der Waals surface area contributed by atoms with Crippen LogP contribution in [0, 0.1) is 17.2 Å². The van der Waals surface area contributed by atoms with Crippen molar-refractivity contribution in [3.63, 3.8) is 0 Å². The Bertz CT molecular complexity index is 814. The molecule has 1 aromatic heterocycles. The molecule has 1 unspecified atom stereocenters. The number of fused-ring (bicyclic) bond motifs is 1. The van der Waals surface area contributed by atoms with Crippen molar-refractivity contribution in [2.45, 2.75) is 18.9 Å². The fourth-order valence-electron chi connectivity index (χ4n) is 2.11. The van der Waals surface area contributed by atoms with Crippen molar-refractivity contribution >= 4 is 51.1 Å². The molecule has 0 aliphatic heterocycles. The molecule has 22 heavy (non-hydrogen) atoms. The summed E-state index contributed by atoms with van der Waals surface area (Å²) in [4.78, 5) is 16.7. The summed E-state index contributed by atoms with van der Waals surface area (Å²) < 4.78 is 12.0. The molecule has 0 saturated carbocycles. The fraction of sp³-hybridized carbons (Fsp3) is 0.267. The van der Waals surface area contributed by atoms with Crippen LogP contribution in [0.4, 0.5) is 0 Å². The fourth-order valence-corrected chi connectivity index (χ4v) is 3.27. The first-order valence-electron chi connectivity index (χ1n) is 6.39. The number of pyridine rings is 1. The van der Waals surface area contributed by atoms with Crippen molar-refractivity contribution in [3.05, 3.63) is 33.3 Å². The van der Waals surface area contributed by atoms with Gasteiger partial charge in [-0.1, -0.05) is 37.0 Å². The van der Waals surface area contributed by atoms with Crippen molar-refractivity contribution in [1.29, 1.82) is 5.26 Å². The van der Waals surface area contributed by atoms with Gasteiger partial charge in [-0.3, -0.25) is 4.79 Å². The average Bonchev–Trinajstić information content (AvgIpc) is 2.47. The molecule has 1 atom stereocenters. The molecule has 2 rings (SSSR count). The lowest BCUT2D eigenvalue weighted by atomic mass is 9.96. The van der Waals surface area contributed by atoms with Crippen LogP contribution in [0.5, 0.6) is 0 Å². The summed E-state index contributed by atoms with van der Waals surface area (Å²) in [5.41, 5.74) is 0.410. The molecule has 0 saturated heterocycles. The van der Waals surface area contributed by atoms with Gasteiger partial charge < -0.3 is 4.55 Å². The SMILES string of the molecule is CC(C)C(=O)c1c([S+](C)[O-])nc2c(Cl)ccc(Cl)c2c1C#N. The zero-order chi connectivity index (χ0) is 16.6. The number of rotatable bonds is 3. The lowest BCUT2D eigenvalue weighted by Gasteiger charge is -2.15. The highest BCUT2D eigenvalue weighted by Gasteiger charge is 2.29. The minimum absolute atomic E-state index is 0.0620. The van der Waals surface area contributed by atoms with E-state index in [0.29, 0.717) is 5.39 Å². The van der Waals surface area contributed by atoms with Crippen molar-refractivity contribution in [1.82, 2.24) is 4.98 Å². The number of hydrogen-bond acceptors (Lipinski definition) is 4. The maximum atomic E-state index is 12.5. The second-order valence-corrected chi connectivity index (χ2v) is 7.11. The molecule has 0 bridgehead atoms. The number of carbonyl (C=O) groups is 1. The highest BCUT2D eigenvalue weighted by Crippen LogP contribution is 2.35. The average molecular weight is 355 g/mol. The molecule has 0 fully saturated rings. The molecule has 2 aromatic rings. The number of halogens is 2. The molecular weight excluding hydrogens is 343 g/mol. The summed E-state index contributed by atoms with van der Waals surface area (Å²) in [6.45, 7) is 3.41. The predicted octanol–water partition coefficient (Wildman–Crippen LogP) is 3.99. The third-order valence-corrected chi connectivity index (χ3v) is 4.62. The molecule has 0 aliphatic carbocycles. The van der Waals surface area contributed by atoms with Gasteiger partial charge in [-0.05, 0) is 12.1 Å². The first-order chi connectivity index (χ1) is 10.3. The third kappa shape index (κ3) is 2.80. The number of Topliss-reactive ketones (excluding diaryl/α,β-unsaturated/α-hetero) is 1. The summed E-state index contributed by atoms with van der Waals surface area (Å²) >= 11 is 10.7. The van der Waals surface area contributed by atoms with E-state index in [4.69, 9.17) is 23.2 Å². The maximum absolute atomic E-state index is 12.5. The van der Waals surface area contributed by atoms with E-state index in [1.807, 2.05) is 6.07 Å². The molecule has 0 N–H and O–H groups in total. The molecule has 0 aliphatic rings. The van der Waals surface area contributed by atoms with Gasteiger partial charge in [0, 0.05) is 22.5 Å². The number of ketones is 1. The number of benzene rings is 1. The number of aromatic nitrogens is 1. The first kappa shape index (κ1) is 17.0. The normalized spacial score (nSPS) is 12.5. The quantitative estimate of drug-likeness (QED) is 0.616. The van der Waals surface area contributed by atoms with E-state index in [1.54, 1.807) is 26.0 Å². The van der Waals surface area contributed by atoms with Crippen LogP contribution in [0.1, 0.15) is 29.8 Å². The Morgan fingerprint density at radius 1 is 1.36 bits per heavy atom. The summed E-state index contributed by atoms with van der Waals surface area (Å²) in [5, 5.41) is 10.5. The smallest absolute Gasteiger partial charge is 0.257 e. The molecule has 0 radical (unpaired) electrons. The van der Waals surface area contributed by atoms with Gasteiger partial charge in [0.15, 0.2) is 5.78 Å². The largest absolute Gasteiger partial charge is 0.610 e. The zero-order valence-corrected chi connectivity index (χ0v) is 14.4. The third-order valence-electron chi connectivity index (χ3n) is 3.16. The second-order valence-electron chi connectivity index (χ2n) is 5.00. The highest BCUT2D eigenvalue weighted by atomic mass is 35.5. The number of carbonyl (C=O) groups excluding carboxylic acids is 1. The van der Waals surface area contributed by atoms with Crippen molar-refractivity contribution < 1.29 is 9.35 Å². The number of nitrogens with zero attached hydrogens (tertiary/aromatic N) is 2. The molecule has 0 amide bonds. The van der Waals surface area contributed by atoms with E-state index in [9.17, 15) is 14.6 Å². The van der Waals surface area contributed by atoms with E-state index in [-0.39, 0.29) is 43.4 Å². The monoisotopic (exact) mass is 354 g/mol. The Hall–Kier alpha value is -1.32. The van der Waals surface area contributed by atoms with Crippen LogP contribution in [0.25, 0.3) is 10.9 Å². The lowest BCUT2D eigenvalue weighted by Crippen LogP contribution is -2.17. The van der Waals surface area contributed by atoms with E-state index >= 15 is 0 Å². The summed E-state index contributed by atoms with van der Waals surface area (Å²) in [6, 6.07) is 5.09. The van der Waals surface area contributed by atoms with Gasteiger partial charge >= 0.3 is 0 Å². The van der Waals surface area contributed by atoms with Gasteiger partial charge in [-0.2, -0.15) is 10.2 Å². The minimum atomic E-state index is -1.55. The Morgan fingerprint density at radius 3 is 2.45 bits per heavy atom. The Kier molecular flexibility index (Phi) is 4.98. The minimum Gasteiger partial charge on any atom is -0.610 e. The van der Waals surface area contributed by atoms with Crippen LogP contribution in [-0.2, 0) is 11.2 Å². The molecule has 114 valence electrons. The van der Waals surface area contributed by atoms with E-state index in [1.165, 1.54) is 6.26 Å². The Balaban J connectivity index is 3.05. The van der Waals surface area contributed by atoms with Crippen LogP contribution in [0.2, 0.25) is 10.0 Å². The summed E-state index contributed by atoms with van der Waals surface area (Å²) in [7, 11) is 0. The van der Waals surface area contributed by atoms with E-state index in [0.717, 1.165) is 0 Å². The van der Waals surface area contributed by atoms with Gasteiger partial charge in [0.05, 0.1) is 21.1 Å². The molecule has 1 aromatic carbocycles. The molecule has 0 spiro atoms. The summed E-state index contributed by atoms with van der Waals surface area (Å²) in [5.74, 6) is -0.668. The summed E-state index contributed by atoms with van der Waals surface area (Å²) in [6.07, 6.45) is 1.41. The van der Waals surface area contributed by atoms with Crippen molar-refractivity contribution in [2.24, 2.45) is 5.92 Å². The van der Waals surface area contributed by atoms with Gasteiger partial charge in [0.1, 0.15) is 17.9 Å².